The van der Waals surface area contributed by atoms with Crippen molar-refractivity contribution in [3.05, 3.63) is 58.0 Å². The van der Waals surface area contributed by atoms with Crippen LogP contribution >= 0.6 is 35.6 Å². The van der Waals surface area contributed by atoms with Gasteiger partial charge >= 0.3 is 10.1 Å². The summed E-state index contributed by atoms with van der Waals surface area (Å²) in [5.41, 5.74) is 0.531. The zero-order chi connectivity index (χ0) is 19.6. The lowest BCUT2D eigenvalue weighted by atomic mass is 10.2. The molecule has 1 fully saturated rings. The maximum absolute atomic E-state index is 12.4. The Hall–Kier alpha value is -2.07. The Balaban J connectivity index is 1.97. The average Bonchev–Trinajstić information content (AvgIpc) is 2.94. The molecular weight excluding hydrogens is 430 g/mol. The van der Waals surface area contributed by atoms with E-state index in [0.29, 0.717) is 14.8 Å². The number of hydrogen-bond acceptors (Lipinski definition) is 7. The number of thioether (sulfide) groups is 1. The number of carbonyl (C=O) groups is 1. The zero-order valence-corrected chi connectivity index (χ0v) is 17.0. The molecule has 2 aromatic carbocycles. The maximum atomic E-state index is 12.4. The molecular formula is C17H12ClNO5S3. The van der Waals surface area contributed by atoms with Crippen molar-refractivity contribution in [2.24, 2.45) is 0 Å². The molecule has 27 heavy (non-hydrogen) atoms. The van der Waals surface area contributed by atoms with Crippen LogP contribution in [0.15, 0.2) is 52.3 Å². The minimum absolute atomic E-state index is 0.0122. The molecule has 10 heteroatoms. The van der Waals surface area contributed by atoms with Crippen LogP contribution in [0.25, 0.3) is 6.08 Å². The van der Waals surface area contributed by atoms with E-state index in [1.807, 2.05) is 0 Å². The summed E-state index contributed by atoms with van der Waals surface area (Å²) in [5.74, 6) is -0.337. The van der Waals surface area contributed by atoms with Crippen LogP contribution in [0.5, 0.6) is 11.5 Å². The van der Waals surface area contributed by atoms with E-state index in [1.165, 1.54) is 31.4 Å². The van der Waals surface area contributed by atoms with Gasteiger partial charge in [-0.2, -0.15) is 8.42 Å². The number of methoxy groups -OCH3 is 1. The third kappa shape index (κ3) is 4.44. The van der Waals surface area contributed by atoms with Gasteiger partial charge in [0.25, 0.3) is 5.91 Å². The normalized spacial score (nSPS) is 15.7. The molecule has 140 valence electrons. The average molecular weight is 442 g/mol. The standard InChI is InChI=1S/C17H12ClNO5S3/c1-23-13-8-10(9-14-16(20)19-17(25)26-14)7-12(18)15(13)24-27(21,22)11-5-3-2-4-6-11/h2-9H,1H3,(H,19,20,25)/b14-9+. The van der Waals surface area contributed by atoms with Crippen LogP contribution in [0.1, 0.15) is 5.56 Å². The van der Waals surface area contributed by atoms with Gasteiger partial charge in [-0.05, 0) is 35.9 Å². The molecule has 0 saturated carbocycles. The molecule has 0 unspecified atom stereocenters. The number of rotatable bonds is 5. The van der Waals surface area contributed by atoms with Gasteiger partial charge in [0.2, 0.25) is 5.75 Å². The number of amides is 1. The number of nitrogens with one attached hydrogen (secondary N) is 1. The van der Waals surface area contributed by atoms with Crippen molar-refractivity contribution in [3.8, 4) is 11.5 Å². The van der Waals surface area contributed by atoms with Gasteiger partial charge in [0.05, 0.1) is 17.0 Å². The summed E-state index contributed by atoms with van der Waals surface area (Å²) in [6.45, 7) is 0. The fourth-order valence-electron chi connectivity index (χ4n) is 2.22. The van der Waals surface area contributed by atoms with Crippen LogP contribution in [-0.2, 0) is 14.9 Å². The summed E-state index contributed by atoms with van der Waals surface area (Å²) >= 11 is 12.3. The SMILES string of the molecule is COc1cc(/C=C2/SC(=S)NC2=O)cc(Cl)c1OS(=O)(=O)c1ccccc1. The third-order valence-electron chi connectivity index (χ3n) is 3.42. The highest BCUT2D eigenvalue weighted by molar-refractivity contribution is 8.26. The molecule has 0 aliphatic carbocycles. The molecule has 2 aromatic rings. The van der Waals surface area contributed by atoms with E-state index in [0.717, 1.165) is 11.8 Å². The van der Waals surface area contributed by atoms with E-state index in [9.17, 15) is 13.2 Å². The minimum atomic E-state index is -4.08. The number of halogens is 1. The van der Waals surface area contributed by atoms with E-state index in [2.05, 4.69) is 5.32 Å². The highest BCUT2D eigenvalue weighted by Gasteiger charge is 2.24. The summed E-state index contributed by atoms with van der Waals surface area (Å²) in [6, 6.07) is 10.7. The monoisotopic (exact) mass is 441 g/mol. The molecule has 6 nitrogen and oxygen atoms in total. The summed E-state index contributed by atoms with van der Waals surface area (Å²) in [6.07, 6.45) is 1.57. The van der Waals surface area contributed by atoms with Gasteiger partial charge in [-0.3, -0.25) is 4.79 Å². The van der Waals surface area contributed by atoms with Crippen molar-refractivity contribution in [1.29, 1.82) is 0 Å². The van der Waals surface area contributed by atoms with E-state index < -0.39 is 10.1 Å². The maximum Gasteiger partial charge on any atom is 0.339 e. The van der Waals surface area contributed by atoms with Crippen LogP contribution in [0.2, 0.25) is 5.02 Å². The van der Waals surface area contributed by atoms with Crippen LogP contribution in [0.4, 0.5) is 0 Å². The lowest BCUT2D eigenvalue weighted by Gasteiger charge is -2.13. The largest absolute Gasteiger partial charge is 0.493 e. The van der Waals surface area contributed by atoms with Gasteiger partial charge < -0.3 is 14.2 Å². The lowest BCUT2D eigenvalue weighted by molar-refractivity contribution is -0.115. The highest BCUT2D eigenvalue weighted by atomic mass is 35.5. The van der Waals surface area contributed by atoms with Crippen LogP contribution in [0, 0.1) is 0 Å². The molecule has 1 amide bonds. The molecule has 1 N–H and O–H groups in total. The number of thiocarbonyl (C=S) groups is 1. The fraction of sp³-hybridized carbons (Fsp3) is 0.0588. The number of hydrogen-bond donors (Lipinski definition) is 1. The molecule has 0 atom stereocenters. The Bertz CT molecular complexity index is 1050. The Morgan fingerprint density at radius 1 is 1.22 bits per heavy atom. The molecule has 1 aliphatic heterocycles. The predicted molar refractivity (Wildman–Crippen MR) is 109 cm³/mol. The molecule has 1 heterocycles. The molecule has 0 spiro atoms. The van der Waals surface area contributed by atoms with Crippen molar-refractivity contribution >= 4 is 62.0 Å². The lowest BCUT2D eigenvalue weighted by Crippen LogP contribution is -2.17. The van der Waals surface area contributed by atoms with Crippen molar-refractivity contribution in [2.45, 2.75) is 4.90 Å². The zero-order valence-electron chi connectivity index (χ0n) is 13.8. The van der Waals surface area contributed by atoms with Gasteiger partial charge in [-0.1, -0.05) is 53.8 Å². The van der Waals surface area contributed by atoms with Gasteiger partial charge in [-0.25, -0.2) is 0 Å². The second-order valence-electron chi connectivity index (χ2n) is 5.24. The second-order valence-corrected chi connectivity index (χ2v) is 8.91. The Morgan fingerprint density at radius 3 is 2.52 bits per heavy atom. The van der Waals surface area contributed by atoms with Crippen molar-refractivity contribution < 1.29 is 22.1 Å². The van der Waals surface area contributed by atoms with Crippen molar-refractivity contribution in [3.63, 3.8) is 0 Å². The van der Waals surface area contributed by atoms with E-state index >= 15 is 0 Å². The summed E-state index contributed by atoms with van der Waals surface area (Å²) < 4.78 is 35.7. The van der Waals surface area contributed by atoms with Crippen LogP contribution < -0.4 is 14.2 Å². The Morgan fingerprint density at radius 2 is 1.93 bits per heavy atom. The van der Waals surface area contributed by atoms with Gasteiger partial charge in [0.15, 0.2) is 5.75 Å². The number of benzene rings is 2. The predicted octanol–water partition coefficient (Wildman–Crippen LogP) is 3.61. The molecule has 0 radical (unpaired) electrons. The Kier molecular flexibility index (Phi) is 5.75. The summed E-state index contributed by atoms with van der Waals surface area (Å²) in [5, 5.41) is 2.53. The van der Waals surface area contributed by atoms with Gasteiger partial charge in [0.1, 0.15) is 9.22 Å². The first kappa shape index (κ1) is 19.7. The van der Waals surface area contributed by atoms with Crippen molar-refractivity contribution in [2.75, 3.05) is 7.11 Å². The van der Waals surface area contributed by atoms with Gasteiger partial charge in [0, 0.05) is 0 Å². The summed E-state index contributed by atoms with van der Waals surface area (Å²) in [4.78, 5) is 12.2. The first-order valence-corrected chi connectivity index (χ1v) is 10.4. The second kappa shape index (κ2) is 7.89. The minimum Gasteiger partial charge on any atom is -0.493 e. The molecule has 1 aliphatic rings. The Labute approximate surface area is 170 Å². The summed E-state index contributed by atoms with van der Waals surface area (Å²) in [7, 11) is -2.73. The molecule has 0 aromatic heterocycles. The first-order chi connectivity index (χ1) is 12.8. The molecule has 3 rings (SSSR count). The fourth-order valence-corrected chi connectivity index (χ4v) is 4.55. The van der Waals surface area contributed by atoms with Crippen molar-refractivity contribution in [1.82, 2.24) is 5.32 Å². The van der Waals surface area contributed by atoms with Crippen LogP contribution in [-0.4, -0.2) is 25.8 Å². The third-order valence-corrected chi connectivity index (χ3v) is 6.10. The van der Waals surface area contributed by atoms with E-state index in [-0.39, 0.29) is 27.3 Å². The number of carbonyl (C=O) groups excluding carboxylic acids is 1. The quantitative estimate of drug-likeness (QED) is 0.431. The first-order valence-electron chi connectivity index (χ1n) is 7.42. The van der Waals surface area contributed by atoms with Crippen LogP contribution in [0.3, 0.4) is 0 Å². The smallest absolute Gasteiger partial charge is 0.339 e. The number of ether oxygens (including phenoxy) is 1. The topological polar surface area (TPSA) is 81.7 Å². The van der Waals surface area contributed by atoms with E-state index in [4.69, 9.17) is 32.7 Å². The van der Waals surface area contributed by atoms with Gasteiger partial charge in [-0.15, -0.1) is 0 Å². The van der Waals surface area contributed by atoms with E-state index in [1.54, 1.807) is 24.3 Å². The highest BCUT2D eigenvalue weighted by Crippen LogP contribution is 2.39. The molecule has 0 bridgehead atoms. The molecule has 1 saturated heterocycles.